The molecule has 1 amide bonds. The number of carbonyl (C=O) groups is 1. The zero-order valence-corrected chi connectivity index (χ0v) is 10.4. The van der Waals surface area contributed by atoms with Crippen LogP contribution in [0.5, 0.6) is 0 Å². The average molecular weight is 241 g/mol. The molecule has 4 nitrogen and oxygen atoms in total. The van der Waals surface area contributed by atoms with Crippen LogP contribution in [0.4, 0.5) is 11.4 Å². The molecule has 0 atom stereocenters. The maximum absolute atomic E-state index is 12.1. The van der Waals surface area contributed by atoms with Crippen LogP contribution >= 0.6 is 0 Å². The summed E-state index contributed by atoms with van der Waals surface area (Å²) in [5.74, 6) is -0.203. The van der Waals surface area contributed by atoms with Gasteiger partial charge in [0.1, 0.15) is 0 Å². The number of hydrogen-bond donors (Lipinski definition) is 2. The van der Waals surface area contributed by atoms with Gasteiger partial charge in [0.05, 0.1) is 5.56 Å². The zero-order chi connectivity index (χ0) is 13.1. The van der Waals surface area contributed by atoms with Crippen molar-refractivity contribution in [3.05, 3.63) is 53.3 Å². The molecule has 0 spiro atoms. The predicted molar refractivity (Wildman–Crippen MR) is 72.5 cm³/mol. The van der Waals surface area contributed by atoms with Gasteiger partial charge in [-0.15, -0.1) is 0 Å². The first-order valence-corrected chi connectivity index (χ1v) is 5.66. The van der Waals surface area contributed by atoms with Crippen molar-refractivity contribution in [1.29, 1.82) is 0 Å². The van der Waals surface area contributed by atoms with Gasteiger partial charge in [0.25, 0.3) is 5.91 Å². The minimum absolute atomic E-state index is 0.203. The van der Waals surface area contributed by atoms with E-state index in [0.29, 0.717) is 11.3 Å². The van der Waals surface area contributed by atoms with Crippen LogP contribution < -0.4 is 11.1 Å². The second-order valence-corrected chi connectivity index (χ2v) is 4.24. The molecule has 0 saturated carbocycles. The Bertz CT molecular complexity index is 593. The number of aromatic nitrogens is 1. The molecule has 1 aromatic heterocycles. The molecule has 3 N–H and O–H groups in total. The molecule has 0 saturated heterocycles. The molecular formula is C14H15N3O. The number of carbonyl (C=O) groups excluding carboxylic acids is 1. The van der Waals surface area contributed by atoms with E-state index in [1.807, 2.05) is 19.9 Å². The molecule has 1 heterocycles. The molecule has 18 heavy (non-hydrogen) atoms. The third kappa shape index (κ3) is 2.48. The van der Waals surface area contributed by atoms with E-state index in [0.717, 1.165) is 16.8 Å². The Kier molecular flexibility index (Phi) is 3.28. The van der Waals surface area contributed by atoms with Gasteiger partial charge in [-0.1, -0.05) is 11.6 Å². The largest absolute Gasteiger partial charge is 0.398 e. The molecule has 0 fully saturated rings. The first-order valence-electron chi connectivity index (χ1n) is 5.66. The minimum Gasteiger partial charge on any atom is -0.398 e. The Morgan fingerprint density at radius 3 is 2.78 bits per heavy atom. The summed E-state index contributed by atoms with van der Waals surface area (Å²) in [6.07, 6.45) is 3.34. The van der Waals surface area contributed by atoms with Gasteiger partial charge in [-0.3, -0.25) is 9.78 Å². The number of anilines is 2. The highest BCUT2D eigenvalue weighted by Gasteiger charge is 2.11. The van der Waals surface area contributed by atoms with Crippen LogP contribution in [0, 0.1) is 13.8 Å². The number of nitrogens with one attached hydrogen (secondary N) is 1. The predicted octanol–water partition coefficient (Wildman–Crippen LogP) is 2.53. The van der Waals surface area contributed by atoms with Crippen LogP contribution in [-0.2, 0) is 0 Å². The van der Waals surface area contributed by atoms with Crippen molar-refractivity contribution in [1.82, 2.24) is 4.98 Å². The van der Waals surface area contributed by atoms with Crippen molar-refractivity contribution in [2.75, 3.05) is 11.1 Å². The smallest absolute Gasteiger partial charge is 0.257 e. The first-order chi connectivity index (χ1) is 8.58. The Labute approximate surface area is 106 Å². The monoisotopic (exact) mass is 241 g/mol. The summed E-state index contributed by atoms with van der Waals surface area (Å²) >= 11 is 0. The molecule has 4 heteroatoms. The van der Waals surface area contributed by atoms with Gasteiger partial charge in [-0.05, 0) is 37.6 Å². The van der Waals surface area contributed by atoms with Gasteiger partial charge in [0.2, 0.25) is 0 Å². The summed E-state index contributed by atoms with van der Waals surface area (Å²) in [6.45, 7) is 3.82. The van der Waals surface area contributed by atoms with E-state index in [-0.39, 0.29) is 5.91 Å². The van der Waals surface area contributed by atoms with Crippen molar-refractivity contribution >= 4 is 17.3 Å². The number of nitrogen functional groups attached to an aromatic ring is 1. The van der Waals surface area contributed by atoms with E-state index in [1.165, 1.54) is 0 Å². The van der Waals surface area contributed by atoms with Crippen LogP contribution in [0.1, 0.15) is 21.5 Å². The molecule has 2 rings (SSSR count). The van der Waals surface area contributed by atoms with Crippen LogP contribution in [0.25, 0.3) is 0 Å². The molecule has 0 bridgehead atoms. The fourth-order valence-corrected chi connectivity index (χ4v) is 1.67. The Morgan fingerprint density at radius 1 is 1.28 bits per heavy atom. The van der Waals surface area contributed by atoms with Gasteiger partial charge in [-0.25, -0.2) is 0 Å². The lowest BCUT2D eigenvalue weighted by molar-refractivity contribution is 0.102. The molecule has 0 aliphatic carbocycles. The number of hydrogen-bond acceptors (Lipinski definition) is 3. The van der Waals surface area contributed by atoms with Crippen molar-refractivity contribution in [2.45, 2.75) is 13.8 Å². The summed E-state index contributed by atoms with van der Waals surface area (Å²) in [5.41, 5.74) is 9.44. The number of amides is 1. The molecular weight excluding hydrogens is 226 g/mol. The first kappa shape index (κ1) is 12.1. The summed E-state index contributed by atoms with van der Waals surface area (Å²) < 4.78 is 0. The van der Waals surface area contributed by atoms with Crippen LogP contribution in [0.2, 0.25) is 0 Å². The highest BCUT2D eigenvalue weighted by molar-refractivity contribution is 6.08. The number of pyridine rings is 1. The van der Waals surface area contributed by atoms with E-state index in [4.69, 9.17) is 5.73 Å². The van der Waals surface area contributed by atoms with Gasteiger partial charge in [0.15, 0.2) is 0 Å². The molecule has 0 aliphatic heterocycles. The molecule has 1 aromatic carbocycles. The highest BCUT2D eigenvalue weighted by atomic mass is 16.1. The van der Waals surface area contributed by atoms with Crippen molar-refractivity contribution in [2.24, 2.45) is 0 Å². The quantitative estimate of drug-likeness (QED) is 0.794. The SMILES string of the molecule is Cc1ccc(N)c(C(=O)Nc2ccncc2C)c1. The molecule has 0 aliphatic rings. The highest BCUT2D eigenvalue weighted by Crippen LogP contribution is 2.17. The normalized spacial score (nSPS) is 10.1. The second-order valence-electron chi connectivity index (χ2n) is 4.24. The maximum Gasteiger partial charge on any atom is 0.257 e. The minimum atomic E-state index is -0.203. The number of nitrogens with two attached hydrogens (primary N) is 1. The lowest BCUT2D eigenvalue weighted by Crippen LogP contribution is -2.15. The van der Waals surface area contributed by atoms with Crippen molar-refractivity contribution in [3.8, 4) is 0 Å². The summed E-state index contributed by atoms with van der Waals surface area (Å²) in [4.78, 5) is 16.1. The van der Waals surface area contributed by atoms with Crippen LogP contribution in [0.3, 0.4) is 0 Å². The Morgan fingerprint density at radius 2 is 2.06 bits per heavy atom. The van der Waals surface area contributed by atoms with Crippen LogP contribution in [-0.4, -0.2) is 10.9 Å². The van der Waals surface area contributed by atoms with E-state index in [9.17, 15) is 4.79 Å². The summed E-state index contributed by atoms with van der Waals surface area (Å²) in [5, 5.41) is 2.84. The fraction of sp³-hybridized carbons (Fsp3) is 0.143. The van der Waals surface area contributed by atoms with Gasteiger partial charge in [-0.2, -0.15) is 0 Å². The van der Waals surface area contributed by atoms with E-state index < -0.39 is 0 Å². The maximum atomic E-state index is 12.1. The van der Waals surface area contributed by atoms with Crippen LogP contribution in [0.15, 0.2) is 36.7 Å². The van der Waals surface area contributed by atoms with Crippen molar-refractivity contribution in [3.63, 3.8) is 0 Å². The number of nitrogens with zero attached hydrogens (tertiary/aromatic N) is 1. The Balaban J connectivity index is 2.28. The van der Waals surface area contributed by atoms with E-state index in [2.05, 4.69) is 10.3 Å². The Hall–Kier alpha value is -2.36. The fourth-order valence-electron chi connectivity index (χ4n) is 1.67. The lowest BCUT2D eigenvalue weighted by atomic mass is 10.1. The lowest BCUT2D eigenvalue weighted by Gasteiger charge is -2.10. The van der Waals surface area contributed by atoms with Gasteiger partial charge < -0.3 is 11.1 Å². The average Bonchev–Trinajstić information content (AvgIpc) is 2.35. The summed E-state index contributed by atoms with van der Waals surface area (Å²) in [6, 6.07) is 7.16. The zero-order valence-electron chi connectivity index (χ0n) is 10.4. The van der Waals surface area contributed by atoms with E-state index in [1.54, 1.807) is 30.6 Å². The summed E-state index contributed by atoms with van der Waals surface area (Å²) in [7, 11) is 0. The molecule has 2 aromatic rings. The van der Waals surface area contributed by atoms with E-state index >= 15 is 0 Å². The second kappa shape index (κ2) is 4.87. The van der Waals surface area contributed by atoms with Gasteiger partial charge >= 0.3 is 0 Å². The standard InChI is InChI=1S/C14H15N3O/c1-9-3-4-12(15)11(7-9)14(18)17-13-5-6-16-8-10(13)2/h3-8H,15H2,1-2H3,(H,16,17,18). The number of rotatable bonds is 2. The third-order valence-corrected chi connectivity index (χ3v) is 2.72. The number of benzene rings is 1. The van der Waals surface area contributed by atoms with Gasteiger partial charge in [0, 0.05) is 23.8 Å². The van der Waals surface area contributed by atoms with Crippen molar-refractivity contribution < 1.29 is 4.79 Å². The third-order valence-electron chi connectivity index (χ3n) is 2.72. The molecule has 0 radical (unpaired) electrons. The molecule has 0 unspecified atom stereocenters. The number of aryl methyl sites for hydroxylation is 2. The molecule has 92 valence electrons. The topological polar surface area (TPSA) is 68.0 Å².